The molecular formula is C12H14FN4O4S+. The zero-order valence-corrected chi connectivity index (χ0v) is 12.6. The Labute approximate surface area is 126 Å². The second-order valence-corrected chi connectivity index (χ2v) is 6.46. The molecule has 1 aliphatic rings. The van der Waals surface area contributed by atoms with Gasteiger partial charge in [-0.2, -0.15) is 4.90 Å². The lowest BCUT2D eigenvalue weighted by atomic mass is 10.2. The van der Waals surface area contributed by atoms with Gasteiger partial charge in [0.1, 0.15) is 5.82 Å². The molecule has 1 atom stereocenters. The van der Waals surface area contributed by atoms with E-state index in [0.29, 0.717) is 4.90 Å². The lowest BCUT2D eigenvalue weighted by molar-refractivity contribution is -0.140. The third-order valence-electron chi connectivity index (χ3n) is 3.20. The van der Waals surface area contributed by atoms with E-state index in [-0.39, 0.29) is 5.69 Å². The number of nitrogens with two attached hydrogens (primary N) is 1. The Balaban J connectivity index is 2.35. The summed E-state index contributed by atoms with van der Waals surface area (Å²) in [6.45, 7) is 0. The van der Waals surface area contributed by atoms with Crippen LogP contribution in [0.4, 0.5) is 14.9 Å². The van der Waals surface area contributed by atoms with Gasteiger partial charge in [-0.15, -0.1) is 0 Å². The van der Waals surface area contributed by atoms with Gasteiger partial charge in [-0.1, -0.05) is 0 Å². The number of hydrogen-bond acceptors (Lipinski definition) is 4. The summed E-state index contributed by atoms with van der Waals surface area (Å²) in [5.41, 5.74) is 0.0733. The van der Waals surface area contributed by atoms with Crippen molar-refractivity contribution in [1.29, 1.82) is 0 Å². The third-order valence-corrected chi connectivity index (χ3v) is 4.78. The molecule has 0 saturated carbocycles. The standard InChI is InChI=1S/C12H13FN4O4S/c1-16-10(14)9(11(18)17(2)12(16)19)22(20,21)15-8-5-3-7(13)4-6-8/h3-6,9,14-15H,1-2H3/p+1. The van der Waals surface area contributed by atoms with Crippen LogP contribution in [0.3, 0.4) is 0 Å². The van der Waals surface area contributed by atoms with Gasteiger partial charge in [-0.3, -0.25) is 14.9 Å². The van der Waals surface area contributed by atoms with Crippen LogP contribution in [0, 0.1) is 5.82 Å². The van der Waals surface area contributed by atoms with Crippen molar-refractivity contribution in [3.63, 3.8) is 0 Å². The number of rotatable bonds is 3. The smallest absolute Gasteiger partial charge is 0.289 e. The van der Waals surface area contributed by atoms with Crippen molar-refractivity contribution in [2.24, 2.45) is 0 Å². The van der Waals surface area contributed by atoms with E-state index in [2.05, 4.69) is 4.72 Å². The molecule has 10 heteroatoms. The minimum absolute atomic E-state index is 0.0733. The Morgan fingerprint density at radius 3 is 2.23 bits per heavy atom. The number of amides is 3. The summed E-state index contributed by atoms with van der Waals surface area (Å²) in [4.78, 5) is 25.3. The molecule has 118 valence electrons. The summed E-state index contributed by atoms with van der Waals surface area (Å²) >= 11 is 0. The van der Waals surface area contributed by atoms with E-state index >= 15 is 0 Å². The van der Waals surface area contributed by atoms with E-state index in [0.717, 1.165) is 24.1 Å². The molecule has 0 bridgehead atoms. The number of anilines is 1. The highest BCUT2D eigenvalue weighted by Gasteiger charge is 2.52. The van der Waals surface area contributed by atoms with E-state index in [1.807, 2.05) is 0 Å². The van der Waals surface area contributed by atoms with Gasteiger partial charge in [0.2, 0.25) is 0 Å². The molecule has 1 aromatic rings. The van der Waals surface area contributed by atoms with Crippen molar-refractivity contribution in [2.75, 3.05) is 18.8 Å². The predicted molar refractivity (Wildman–Crippen MR) is 75.6 cm³/mol. The van der Waals surface area contributed by atoms with Crippen LogP contribution in [0.25, 0.3) is 0 Å². The molecule has 1 unspecified atom stereocenters. The monoisotopic (exact) mass is 329 g/mol. The molecule has 3 amide bonds. The topological polar surface area (TPSA) is 112 Å². The highest BCUT2D eigenvalue weighted by Crippen LogP contribution is 2.18. The van der Waals surface area contributed by atoms with E-state index in [1.165, 1.54) is 19.2 Å². The molecule has 1 aromatic carbocycles. The molecule has 1 heterocycles. The van der Waals surface area contributed by atoms with Gasteiger partial charge < -0.3 is 0 Å². The molecule has 1 aliphatic heterocycles. The summed E-state index contributed by atoms with van der Waals surface area (Å²) < 4.78 is 39.7. The number of urea groups is 1. The highest BCUT2D eigenvalue weighted by atomic mass is 32.2. The summed E-state index contributed by atoms with van der Waals surface area (Å²) in [5, 5.41) is 3.88. The quantitative estimate of drug-likeness (QED) is 0.711. The fraction of sp³-hybridized carbons (Fsp3) is 0.250. The summed E-state index contributed by atoms with van der Waals surface area (Å²) in [5.74, 6) is -1.90. The normalized spacial score (nSPS) is 19.6. The van der Waals surface area contributed by atoms with Gasteiger partial charge in [0.25, 0.3) is 27.0 Å². The fourth-order valence-electron chi connectivity index (χ4n) is 1.94. The maximum absolute atomic E-state index is 12.8. The molecule has 1 fully saturated rings. The van der Waals surface area contributed by atoms with Gasteiger partial charge in [-0.05, 0) is 24.3 Å². The number of amidine groups is 1. The number of benzene rings is 1. The summed E-state index contributed by atoms with van der Waals surface area (Å²) in [6, 6.07) is 3.81. The van der Waals surface area contributed by atoms with Crippen molar-refractivity contribution in [2.45, 2.75) is 5.25 Å². The Hall–Kier alpha value is -2.49. The first-order chi connectivity index (χ1) is 10.1. The van der Waals surface area contributed by atoms with Crippen LogP contribution in [-0.2, 0) is 14.8 Å². The highest BCUT2D eigenvalue weighted by molar-refractivity contribution is 7.94. The minimum Gasteiger partial charge on any atom is -0.289 e. The average molecular weight is 329 g/mol. The van der Waals surface area contributed by atoms with Crippen LogP contribution in [-0.4, -0.2) is 55.3 Å². The van der Waals surface area contributed by atoms with Crippen molar-refractivity contribution in [3.8, 4) is 0 Å². The van der Waals surface area contributed by atoms with E-state index in [1.54, 1.807) is 0 Å². The number of carbonyl (C=O) groups is 2. The number of imide groups is 1. The van der Waals surface area contributed by atoms with Gasteiger partial charge in [0, 0.05) is 12.7 Å². The van der Waals surface area contributed by atoms with Crippen molar-refractivity contribution in [1.82, 2.24) is 9.80 Å². The van der Waals surface area contributed by atoms with Gasteiger partial charge >= 0.3 is 6.03 Å². The zero-order chi connectivity index (χ0) is 16.7. The lowest BCUT2D eigenvalue weighted by Gasteiger charge is -2.29. The maximum Gasteiger partial charge on any atom is 0.417 e. The Morgan fingerprint density at radius 2 is 1.68 bits per heavy atom. The fourth-order valence-corrected chi connectivity index (χ4v) is 3.42. The number of halogens is 1. The van der Waals surface area contributed by atoms with Crippen LogP contribution >= 0.6 is 0 Å². The number of carbonyl (C=O) groups excluding carboxylic acids is 2. The second kappa shape index (κ2) is 5.37. The molecule has 1 saturated heterocycles. The number of hydrogen-bond donors (Lipinski definition) is 2. The first-order valence-electron chi connectivity index (χ1n) is 6.10. The number of nitrogens with zero attached hydrogens (tertiary/aromatic N) is 2. The van der Waals surface area contributed by atoms with Crippen LogP contribution in [0.15, 0.2) is 24.3 Å². The molecule has 0 radical (unpaired) electrons. The van der Waals surface area contributed by atoms with E-state index in [4.69, 9.17) is 5.41 Å². The second-order valence-electron chi connectivity index (χ2n) is 4.70. The molecule has 22 heavy (non-hydrogen) atoms. The first kappa shape index (κ1) is 15.9. The Morgan fingerprint density at radius 1 is 1.14 bits per heavy atom. The van der Waals surface area contributed by atoms with Gasteiger partial charge in [0.05, 0.1) is 7.05 Å². The molecule has 0 aliphatic carbocycles. The Kier molecular flexibility index (Phi) is 3.88. The molecular weight excluding hydrogens is 315 g/mol. The minimum atomic E-state index is -4.26. The lowest BCUT2D eigenvalue weighted by Crippen LogP contribution is -2.70. The van der Waals surface area contributed by atoms with Crippen LogP contribution in [0.5, 0.6) is 0 Å². The van der Waals surface area contributed by atoms with Crippen LogP contribution in [0.1, 0.15) is 0 Å². The summed E-state index contributed by atoms with van der Waals surface area (Å²) in [7, 11) is -1.83. The predicted octanol–water partition coefficient (Wildman–Crippen LogP) is -1.38. The van der Waals surface area contributed by atoms with Crippen molar-refractivity contribution >= 4 is 33.5 Å². The van der Waals surface area contributed by atoms with Crippen molar-refractivity contribution in [3.05, 3.63) is 30.1 Å². The third kappa shape index (κ3) is 2.64. The molecule has 8 nitrogen and oxygen atoms in total. The van der Waals surface area contributed by atoms with E-state index < -0.39 is 38.9 Å². The zero-order valence-electron chi connectivity index (χ0n) is 11.8. The van der Waals surface area contributed by atoms with Crippen LogP contribution in [0.2, 0.25) is 0 Å². The largest absolute Gasteiger partial charge is 0.417 e. The molecule has 0 aromatic heterocycles. The van der Waals surface area contributed by atoms with Crippen molar-refractivity contribution < 1.29 is 27.8 Å². The van der Waals surface area contributed by atoms with Gasteiger partial charge in [-0.25, -0.2) is 22.5 Å². The number of sulfonamides is 1. The van der Waals surface area contributed by atoms with Crippen LogP contribution < -0.4 is 10.1 Å². The summed E-state index contributed by atoms with van der Waals surface area (Å²) in [6.07, 6.45) is 0. The maximum atomic E-state index is 12.8. The number of nitrogens with one attached hydrogen (secondary N) is 1. The average Bonchev–Trinajstić information content (AvgIpc) is 2.45. The first-order valence-corrected chi connectivity index (χ1v) is 7.64. The van der Waals surface area contributed by atoms with Gasteiger partial charge in [0.15, 0.2) is 0 Å². The van der Waals surface area contributed by atoms with E-state index in [9.17, 15) is 22.4 Å². The SMILES string of the molecule is CN1C(=[NH2+])C(S(=O)(=O)Nc2ccc(F)cc2)C(=O)N(C)C1=O. The Bertz CT molecular complexity index is 723. The molecule has 2 rings (SSSR count). The molecule has 3 N–H and O–H groups in total. The molecule has 0 spiro atoms.